The highest BCUT2D eigenvalue weighted by molar-refractivity contribution is 7.71. The Morgan fingerprint density at radius 3 is 2.70 bits per heavy atom. The van der Waals surface area contributed by atoms with Crippen LogP contribution in [0.25, 0.3) is 0 Å². The third kappa shape index (κ3) is 5.32. The summed E-state index contributed by atoms with van der Waals surface area (Å²) in [7, 11) is 0. The first-order chi connectivity index (χ1) is 12.9. The van der Waals surface area contributed by atoms with E-state index in [-0.39, 0.29) is 29.8 Å². The quantitative estimate of drug-likeness (QED) is 0.562. The van der Waals surface area contributed by atoms with Gasteiger partial charge in [0, 0.05) is 5.02 Å². The third-order valence-corrected chi connectivity index (χ3v) is 4.37. The summed E-state index contributed by atoms with van der Waals surface area (Å²) in [5, 5.41) is 7.66. The zero-order valence-corrected chi connectivity index (χ0v) is 16.6. The molecule has 0 atom stereocenters. The summed E-state index contributed by atoms with van der Waals surface area (Å²) in [6, 6.07) is 12.4. The maximum absolute atomic E-state index is 12.2. The summed E-state index contributed by atoms with van der Waals surface area (Å²) >= 11 is 17.0. The molecular formula is C18H15Cl2N3O3S. The van der Waals surface area contributed by atoms with Gasteiger partial charge in [-0.15, -0.1) is 5.10 Å². The van der Waals surface area contributed by atoms with Crippen molar-refractivity contribution in [1.29, 1.82) is 0 Å². The lowest BCUT2D eigenvalue weighted by Crippen LogP contribution is -2.20. The van der Waals surface area contributed by atoms with Gasteiger partial charge in [-0.3, -0.25) is 4.79 Å². The number of nitrogens with one attached hydrogen (secondary N) is 1. The summed E-state index contributed by atoms with van der Waals surface area (Å²) < 4.78 is 12.2. The van der Waals surface area contributed by atoms with Crippen molar-refractivity contribution < 1.29 is 13.9 Å². The van der Waals surface area contributed by atoms with Crippen molar-refractivity contribution in [2.24, 2.45) is 0 Å². The van der Waals surface area contributed by atoms with Gasteiger partial charge in [0.05, 0.1) is 10.7 Å². The molecule has 0 aliphatic carbocycles. The SMILES string of the molecule is Cc1ccc(OCc2nn(CC(=O)Nc3ccc(Cl)cc3Cl)c(=S)o2)cc1. The Morgan fingerprint density at radius 2 is 2.00 bits per heavy atom. The number of nitrogens with zero attached hydrogens (tertiary/aromatic N) is 2. The van der Waals surface area contributed by atoms with Gasteiger partial charge in [0.2, 0.25) is 5.91 Å². The second-order valence-electron chi connectivity index (χ2n) is 5.69. The minimum absolute atomic E-state index is 0.0786. The number of rotatable bonds is 6. The molecule has 0 aliphatic rings. The predicted octanol–water partition coefficient (Wildman–Crippen LogP) is 5.04. The Morgan fingerprint density at radius 1 is 1.26 bits per heavy atom. The molecule has 2 aromatic carbocycles. The monoisotopic (exact) mass is 423 g/mol. The van der Waals surface area contributed by atoms with E-state index < -0.39 is 0 Å². The number of carbonyl (C=O) groups excluding carboxylic acids is 1. The molecule has 0 unspecified atom stereocenters. The topological polar surface area (TPSA) is 69.3 Å². The summed E-state index contributed by atoms with van der Waals surface area (Å²) in [6.45, 7) is 1.97. The van der Waals surface area contributed by atoms with Crippen LogP contribution in [0.15, 0.2) is 46.9 Å². The molecule has 1 amide bonds. The van der Waals surface area contributed by atoms with Crippen LogP contribution < -0.4 is 10.1 Å². The molecule has 140 valence electrons. The normalized spacial score (nSPS) is 10.6. The molecule has 0 fully saturated rings. The summed E-state index contributed by atoms with van der Waals surface area (Å²) in [5.41, 5.74) is 1.58. The Kier molecular flexibility index (Phi) is 6.15. The van der Waals surface area contributed by atoms with Crippen molar-refractivity contribution in [3.05, 3.63) is 68.8 Å². The highest BCUT2D eigenvalue weighted by Crippen LogP contribution is 2.25. The highest BCUT2D eigenvalue weighted by Gasteiger charge is 2.12. The lowest BCUT2D eigenvalue weighted by atomic mass is 10.2. The molecule has 0 radical (unpaired) electrons. The van der Waals surface area contributed by atoms with Gasteiger partial charge < -0.3 is 14.5 Å². The number of aromatic nitrogens is 2. The Labute approximate surface area is 170 Å². The van der Waals surface area contributed by atoms with E-state index in [1.165, 1.54) is 4.68 Å². The molecule has 6 nitrogen and oxygen atoms in total. The van der Waals surface area contributed by atoms with Gasteiger partial charge in [-0.2, -0.15) is 0 Å². The van der Waals surface area contributed by atoms with Gasteiger partial charge in [0.25, 0.3) is 10.7 Å². The molecule has 0 saturated carbocycles. The highest BCUT2D eigenvalue weighted by atomic mass is 35.5. The van der Waals surface area contributed by atoms with Crippen LogP contribution in [0.5, 0.6) is 5.75 Å². The van der Waals surface area contributed by atoms with Crippen molar-refractivity contribution in [2.45, 2.75) is 20.1 Å². The molecular weight excluding hydrogens is 409 g/mol. The van der Waals surface area contributed by atoms with Crippen LogP contribution in [0.1, 0.15) is 11.5 Å². The molecule has 9 heteroatoms. The predicted molar refractivity (Wildman–Crippen MR) is 106 cm³/mol. The first-order valence-corrected chi connectivity index (χ1v) is 9.08. The zero-order valence-electron chi connectivity index (χ0n) is 14.2. The number of hydrogen-bond acceptors (Lipinski definition) is 5. The number of carbonyl (C=O) groups is 1. The largest absolute Gasteiger partial charge is 0.484 e. The fourth-order valence-corrected chi connectivity index (χ4v) is 2.86. The number of anilines is 1. The minimum Gasteiger partial charge on any atom is -0.484 e. The smallest absolute Gasteiger partial charge is 0.287 e. The van der Waals surface area contributed by atoms with Crippen molar-refractivity contribution in [3.8, 4) is 5.75 Å². The van der Waals surface area contributed by atoms with Crippen LogP contribution >= 0.6 is 35.4 Å². The van der Waals surface area contributed by atoms with Gasteiger partial charge >= 0.3 is 0 Å². The van der Waals surface area contributed by atoms with Crippen LogP contribution in [0.3, 0.4) is 0 Å². The van der Waals surface area contributed by atoms with Crippen molar-refractivity contribution in [2.75, 3.05) is 5.32 Å². The van der Waals surface area contributed by atoms with Crippen LogP contribution in [0.2, 0.25) is 10.0 Å². The van der Waals surface area contributed by atoms with Gasteiger partial charge in [-0.1, -0.05) is 40.9 Å². The van der Waals surface area contributed by atoms with Crippen molar-refractivity contribution in [3.63, 3.8) is 0 Å². The number of halogens is 2. The average molecular weight is 424 g/mol. The summed E-state index contributed by atoms with van der Waals surface area (Å²) in [6.07, 6.45) is 0. The number of ether oxygens (including phenoxy) is 1. The first-order valence-electron chi connectivity index (χ1n) is 7.92. The van der Waals surface area contributed by atoms with Gasteiger partial charge in [-0.25, -0.2) is 4.68 Å². The second kappa shape index (κ2) is 8.56. The Bertz CT molecular complexity index is 1020. The third-order valence-electron chi connectivity index (χ3n) is 3.53. The molecule has 0 bridgehead atoms. The van der Waals surface area contributed by atoms with E-state index in [0.29, 0.717) is 21.5 Å². The van der Waals surface area contributed by atoms with E-state index in [0.717, 1.165) is 5.56 Å². The van der Waals surface area contributed by atoms with Crippen LogP contribution in [-0.4, -0.2) is 15.7 Å². The summed E-state index contributed by atoms with van der Waals surface area (Å²) in [4.78, 5) is 12.3. The van der Waals surface area contributed by atoms with Gasteiger partial charge in [-0.05, 0) is 49.5 Å². The van der Waals surface area contributed by atoms with E-state index in [2.05, 4.69) is 10.4 Å². The molecule has 1 N–H and O–H groups in total. The molecule has 3 rings (SSSR count). The molecule has 0 aliphatic heterocycles. The lowest BCUT2D eigenvalue weighted by molar-refractivity contribution is -0.117. The van der Waals surface area contributed by atoms with Crippen LogP contribution in [0, 0.1) is 11.8 Å². The standard InChI is InChI=1S/C18H15Cl2N3O3S/c1-11-2-5-13(6-3-11)25-10-17-22-23(18(27)26-17)9-16(24)21-15-7-4-12(19)8-14(15)20/h2-8H,9-10H2,1H3,(H,21,24). The number of benzene rings is 2. The molecule has 0 spiro atoms. The number of aryl methyl sites for hydroxylation is 1. The number of amides is 1. The van der Waals surface area contributed by atoms with E-state index in [4.69, 9.17) is 44.6 Å². The minimum atomic E-state index is -0.352. The fourth-order valence-electron chi connectivity index (χ4n) is 2.20. The van der Waals surface area contributed by atoms with E-state index in [1.54, 1.807) is 18.2 Å². The molecule has 27 heavy (non-hydrogen) atoms. The first kappa shape index (κ1) is 19.4. The van der Waals surface area contributed by atoms with E-state index in [9.17, 15) is 4.79 Å². The van der Waals surface area contributed by atoms with Crippen molar-refractivity contribution in [1.82, 2.24) is 9.78 Å². The van der Waals surface area contributed by atoms with E-state index >= 15 is 0 Å². The van der Waals surface area contributed by atoms with Gasteiger partial charge in [0.1, 0.15) is 12.3 Å². The Hall–Kier alpha value is -2.35. The molecule has 1 aromatic heterocycles. The maximum atomic E-state index is 12.2. The second-order valence-corrected chi connectivity index (χ2v) is 6.89. The number of hydrogen-bond donors (Lipinski definition) is 1. The maximum Gasteiger partial charge on any atom is 0.287 e. The summed E-state index contributed by atoms with van der Waals surface area (Å²) in [5.74, 6) is 0.610. The molecule has 0 saturated heterocycles. The zero-order chi connectivity index (χ0) is 19.4. The van der Waals surface area contributed by atoms with Crippen LogP contribution in [-0.2, 0) is 17.9 Å². The van der Waals surface area contributed by atoms with Gasteiger partial charge in [0.15, 0.2) is 6.61 Å². The van der Waals surface area contributed by atoms with E-state index in [1.807, 2.05) is 31.2 Å². The molecule has 3 aromatic rings. The Balaban J connectivity index is 1.61. The molecule has 1 heterocycles. The average Bonchev–Trinajstić information content (AvgIpc) is 2.96. The lowest BCUT2D eigenvalue weighted by Gasteiger charge is -2.07. The van der Waals surface area contributed by atoms with Crippen molar-refractivity contribution >= 4 is 47.0 Å². The fraction of sp³-hybridized carbons (Fsp3) is 0.167. The van der Waals surface area contributed by atoms with Crippen LogP contribution in [0.4, 0.5) is 5.69 Å².